The van der Waals surface area contributed by atoms with E-state index in [4.69, 9.17) is 0 Å². The minimum Gasteiger partial charge on any atom is -0.326 e. The molecular formula is C27H25N3O3. The van der Waals surface area contributed by atoms with Crippen LogP contribution in [0.15, 0.2) is 78.9 Å². The molecule has 1 atom stereocenters. The van der Waals surface area contributed by atoms with Crippen molar-refractivity contribution in [1.29, 1.82) is 0 Å². The van der Waals surface area contributed by atoms with Gasteiger partial charge in [0.2, 0.25) is 11.8 Å². The average molecular weight is 440 g/mol. The minimum atomic E-state index is -0.398. The van der Waals surface area contributed by atoms with Crippen LogP contribution in [0.2, 0.25) is 0 Å². The predicted molar refractivity (Wildman–Crippen MR) is 128 cm³/mol. The molecule has 1 fully saturated rings. The van der Waals surface area contributed by atoms with Gasteiger partial charge in [-0.25, -0.2) is 0 Å². The summed E-state index contributed by atoms with van der Waals surface area (Å²) in [7, 11) is 0. The van der Waals surface area contributed by atoms with Crippen molar-refractivity contribution in [3.05, 3.63) is 90.0 Å². The zero-order chi connectivity index (χ0) is 22.8. The van der Waals surface area contributed by atoms with Crippen LogP contribution < -0.4 is 15.1 Å². The van der Waals surface area contributed by atoms with Gasteiger partial charge in [-0.2, -0.15) is 0 Å². The smallest absolute Gasteiger partial charge is 0.258 e. The number of carbonyl (C=O) groups is 3. The Morgan fingerprint density at radius 3 is 2.39 bits per heavy atom. The van der Waals surface area contributed by atoms with E-state index in [0.29, 0.717) is 24.3 Å². The van der Waals surface area contributed by atoms with Crippen LogP contribution >= 0.6 is 0 Å². The lowest BCUT2D eigenvalue weighted by molar-refractivity contribution is -0.122. The number of rotatable bonds is 4. The number of amides is 3. The van der Waals surface area contributed by atoms with Crippen LogP contribution in [0.1, 0.15) is 28.8 Å². The van der Waals surface area contributed by atoms with E-state index in [-0.39, 0.29) is 24.1 Å². The van der Waals surface area contributed by atoms with Crippen molar-refractivity contribution < 1.29 is 14.4 Å². The van der Waals surface area contributed by atoms with E-state index in [1.807, 2.05) is 83.8 Å². The number of carbonyl (C=O) groups excluding carboxylic acids is 3. The Kier molecular flexibility index (Phi) is 5.65. The molecule has 0 bridgehead atoms. The molecule has 2 aliphatic heterocycles. The maximum absolute atomic E-state index is 13.0. The van der Waals surface area contributed by atoms with Gasteiger partial charge < -0.3 is 15.1 Å². The molecule has 6 heteroatoms. The normalized spacial score (nSPS) is 17.6. The number of benzene rings is 3. The third-order valence-electron chi connectivity index (χ3n) is 6.30. The van der Waals surface area contributed by atoms with Gasteiger partial charge in [-0.1, -0.05) is 36.4 Å². The Labute approximate surface area is 192 Å². The second-order valence-electron chi connectivity index (χ2n) is 8.50. The number of para-hydroxylation sites is 1. The molecule has 2 heterocycles. The maximum Gasteiger partial charge on any atom is 0.258 e. The lowest BCUT2D eigenvalue weighted by Gasteiger charge is -2.30. The molecule has 3 amide bonds. The molecule has 6 nitrogen and oxygen atoms in total. The molecule has 0 saturated carbocycles. The third kappa shape index (κ3) is 4.24. The van der Waals surface area contributed by atoms with Crippen LogP contribution in [0.5, 0.6) is 0 Å². The lowest BCUT2D eigenvalue weighted by atomic mass is 9.99. The summed E-state index contributed by atoms with van der Waals surface area (Å²) < 4.78 is 0. The highest BCUT2D eigenvalue weighted by atomic mass is 16.2. The molecule has 1 N–H and O–H groups in total. The van der Waals surface area contributed by atoms with Crippen LogP contribution in [0, 0.1) is 5.92 Å². The van der Waals surface area contributed by atoms with Crippen molar-refractivity contribution >= 4 is 34.8 Å². The van der Waals surface area contributed by atoms with Crippen LogP contribution in [0.25, 0.3) is 0 Å². The number of hydrogen-bond acceptors (Lipinski definition) is 3. The number of nitrogens with one attached hydrogen (secondary N) is 1. The number of fused-ring (bicyclic) bond motifs is 1. The molecule has 3 aromatic rings. The third-order valence-corrected chi connectivity index (χ3v) is 6.30. The number of nitrogens with zero attached hydrogens (tertiary/aromatic N) is 2. The molecule has 0 spiro atoms. The van der Waals surface area contributed by atoms with Crippen molar-refractivity contribution in [2.75, 3.05) is 28.2 Å². The highest BCUT2D eigenvalue weighted by Crippen LogP contribution is 2.32. The van der Waals surface area contributed by atoms with E-state index in [2.05, 4.69) is 5.32 Å². The van der Waals surface area contributed by atoms with E-state index < -0.39 is 5.92 Å². The van der Waals surface area contributed by atoms with E-state index in [9.17, 15) is 14.4 Å². The molecular weight excluding hydrogens is 414 g/mol. The van der Waals surface area contributed by atoms with Crippen molar-refractivity contribution in [3.63, 3.8) is 0 Å². The fourth-order valence-electron chi connectivity index (χ4n) is 4.61. The van der Waals surface area contributed by atoms with Crippen molar-refractivity contribution in [3.8, 4) is 0 Å². The van der Waals surface area contributed by atoms with Gasteiger partial charge in [0.15, 0.2) is 0 Å². The summed E-state index contributed by atoms with van der Waals surface area (Å²) in [4.78, 5) is 41.8. The van der Waals surface area contributed by atoms with Gasteiger partial charge in [-0.15, -0.1) is 0 Å². The molecule has 166 valence electrons. The van der Waals surface area contributed by atoms with Gasteiger partial charge in [0, 0.05) is 42.1 Å². The zero-order valence-corrected chi connectivity index (χ0v) is 18.2. The highest BCUT2D eigenvalue weighted by molar-refractivity contribution is 6.07. The SMILES string of the molecule is O=C(Nc1ccc2c(c1)CCCN2C(=O)c1ccccc1)C1CC(=O)N(c2ccccc2)C1. The molecule has 5 rings (SSSR count). The molecule has 0 aliphatic carbocycles. The van der Waals surface area contributed by atoms with Gasteiger partial charge in [0.1, 0.15) is 0 Å². The molecule has 0 aromatic heterocycles. The van der Waals surface area contributed by atoms with Crippen molar-refractivity contribution in [1.82, 2.24) is 0 Å². The summed E-state index contributed by atoms with van der Waals surface area (Å²) in [6, 6.07) is 24.4. The molecule has 0 radical (unpaired) electrons. The predicted octanol–water partition coefficient (Wildman–Crippen LogP) is 4.27. The molecule has 1 unspecified atom stereocenters. The first-order valence-corrected chi connectivity index (χ1v) is 11.3. The molecule has 2 aliphatic rings. The van der Waals surface area contributed by atoms with Gasteiger partial charge >= 0.3 is 0 Å². The Morgan fingerprint density at radius 2 is 1.64 bits per heavy atom. The summed E-state index contributed by atoms with van der Waals surface area (Å²) in [5.74, 6) is -0.611. The summed E-state index contributed by atoms with van der Waals surface area (Å²) in [5.41, 5.74) is 4.10. The number of hydrogen-bond donors (Lipinski definition) is 1. The van der Waals surface area contributed by atoms with Crippen LogP contribution in [-0.2, 0) is 16.0 Å². The van der Waals surface area contributed by atoms with Crippen molar-refractivity contribution in [2.45, 2.75) is 19.3 Å². The Morgan fingerprint density at radius 1 is 0.909 bits per heavy atom. The van der Waals surface area contributed by atoms with Crippen LogP contribution in [-0.4, -0.2) is 30.8 Å². The van der Waals surface area contributed by atoms with Crippen LogP contribution in [0.3, 0.4) is 0 Å². The van der Waals surface area contributed by atoms with Crippen molar-refractivity contribution in [2.24, 2.45) is 5.92 Å². The molecule has 1 saturated heterocycles. The first kappa shape index (κ1) is 20.9. The second-order valence-corrected chi connectivity index (χ2v) is 8.50. The highest BCUT2D eigenvalue weighted by Gasteiger charge is 2.35. The van der Waals surface area contributed by atoms with E-state index in [1.165, 1.54) is 0 Å². The Bertz CT molecular complexity index is 1190. The van der Waals surface area contributed by atoms with Gasteiger partial charge in [-0.3, -0.25) is 14.4 Å². The van der Waals surface area contributed by atoms with Crippen LogP contribution in [0.4, 0.5) is 17.1 Å². The zero-order valence-electron chi connectivity index (χ0n) is 18.2. The van der Waals surface area contributed by atoms with Gasteiger partial charge in [0.25, 0.3) is 5.91 Å². The monoisotopic (exact) mass is 439 g/mol. The largest absolute Gasteiger partial charge is 0.326 e. The summed E-state index contributed by atoms with van der Waals surface area (Å²) >= 11 is 0. The quantitative estimate of drug-likeness (QED) is 0.660. The number of anilines is 3. The molecule has 3 aromatic carbocycles. The Hall–Kier alpha value is -3.93. The van der Waals surface area contributed by atoms with E-state index in [1.54, 1.807) is 4.90 Å². The van der Waals surface area contributed by atoms with Gasteiger partial charge in [0.05, 0.1) is 5.92 Å². The lowest BCUT2D eigenvalue weighted by Crippen LogP contribution is -2.35. The number of aryl methyl sites for hydroxylation is 1. The fraction of sp³-hybridized carbons (Fsp3) is 0.222. The maximum atomic E-state index is 13.0. The first-order chi connectivity index (χ1) is 16.1. The Balaban J connectivity index is 1.29. The first-order valence-electron chi connectivity index (χ1n) is 11.3. The average Bonchev–Trinajstić information content (AvgIpc) is 3.26. The molecule has 33 heavy (non-hydrogen) atoms. The summed E-state index contributed by atoms with van der Waals surface area (Å²) in [6.45, 7) is 1.05. The second kappa shape index (κ2) is 8.90. The topological polar surface area (TPSA) is 69.7 Å². The summed E-state index contributed by atoms with van der Waals surface area (Å²) in [6.07, 6.45) is 1.92. The standard InChI is InChI=1S/C27H25N3O3/c31-25-17-21(18-30(25)23-11-5-2-6-12-23)26(32)28-22-13-14-24-20(16-22)10-7-15-29(24)27(33)19-8-3-1-4-9-19/h1-6,8-9,11-14,16,21H,7,10,15,17-18H2,(H,28,32). The summed E-state index contributed by atoms with van der Waals surface area (Å²) in [5, 5.41) is 2.98. The van der Waals surface area contributed by atoms with E-state index in [0.717, 1.165) is 29.8 Å². The minimum absolute atomic E-state index is 0.0150. The fourth-order valence-corrected chi connectivity index (χ4v) is 4.61. The van der Waals surface area contributed by atoms with E-state index >= 15 is 0 Å². The van der Waals surface area contributed by atoms with Gasteiger partial charge in [-0.05, 0) is 60.9 Å².